The van der Waals surface area contributed by atoms with Gasteiger partial charge in [-0.25, -0.2) is 0 Å². The molecule has 0 aliphatic carbocycles. The zero-order valence-electron chi connectivity index (χ0n) is 9.26. The lowest BCUT2D eigenvalue weighted by Crippen LogP contribution is -1.99. The van der Waals surface area contributed by atoms with Crippen molar-refractivity contribution in [3.8, 4) is 0 Å². The first-order valence-corrected chi connectivity index (χ1v) is 5.28. The van der Waals surface area contributed by atoms with Gasteiger partial charge < -0.3 is 0 Å². The summed E-state index contributed by atoms with van der Waals surface area (Å²) in [4.78, 5) is 0. The first kappa shape index (κ1) is 11.2. The molecule has 0 aromatic heterocycles. The Kier molecular flexibility index (Phi) is 4.12. The van der Waals surface area contributed by atoms with E-state index in [1.807, 2.05) is 19.1 Å². The number of hydrogen-bond donors (Lipinski definition) is 0. The lowest BCUT2D eigenvalue weighted by Gasteiger charge is -2.10. The van der Waals surface area contributed by atoms with Crippen molar-refractivity contribution in [2.75, 3.05) is 6.67 Å². The van der Waals surface area contributed by atoms with Crippen LogP contribution in [0, 0.1) is 5.92 Å². The zero-order valence-corrected chi connectivity index (χ0v) is 9.26. The fourth-order valence-corrected chi connectivity index (χ4v) is 1.59. The molecular weight excluding hydrogens is 175 g/mol. The van der Waals surface area contributed by atoms with E-state index in [0.717, 1.165) is 12.0 Å². The van der Waals surface area contributed by atoms with Crippen LogP contribution in [0.15, 0.2) is 24.3 Å². The smallest absolute Gasteiger partial charge is 0.0960 e. The van der Waals surface area contributed by atoms with Crippen molar-refractivity contribution in [2.45, 2.75) is 33.1 Å². The van der Waals surface area contributed by atoms with Gasteiger partial charge in [0.25, 0.3) is 0 Å². The van der Waals surface area contributed by atoms with Crippen LogP contribution >= 0.6 is 0 Å². The van der Waals surface area contributed by atoms with Gasteiger partial charge >= 0.3 is 0 Å². The van der Waals surface area contributed by atoms with Crippen molar-refractivity contribution in [3.05, 3.63) is 35.4 Å². The van der Waals surface area contributed by atoms with E-state index in [1.54, 1.807) is 0 Å². The molecule has 0 aliphatic rings. The summed E-state index contributed by atoms with van der Waals surface area (Å²) in [5, 5.41) is 0. The minimum absolute atomic E-state index is 0.0297. The first-order chi connectivity index (χ1) is 6.63. The van der Waals surface area contributed by atoms with Gasteiger partial charge in [-0.15, -0.1) is 0 Å². The van der Waals surface area contributed by atoms with E-state index in [4.69, 9.17) is 0 Å². The molecule has 0 fully saturated rings. The molecule has 0 nitrogen and oxygen atoms in total. The van der Waals surface area contributed by atoms with Crippen LogP contribution in [0.1, 0.15) is 37.8 Å². The molecule has 1 atom stereocenters. The van der Waals surface area contributed by atoms with E-state index in [-0.39, 0.29) is 12.6 Å². The van der Waals surface area contributed by atoms with Crippen LogP contribution in [0.25, 0.3) is 0 Å². The molecule has 0 N–H and O–H groups in total. The summed E-state index contributed by atoms with van der Waals surface area (Å²) in [5.41, 5.74) is 2.43. The van der Waals surface area contributed by atoms with Gasteiger partial charge in [-0.1, -0.05) is 45.0 Å². The van der Waals surface area contributed by atoms with Gasteiger partial charge in [0.15, 0.2) is 0 Å². The number of rotatable bonds is 4. The van der Waals surface area contributed by atoms with Gasteiger partial charge in [0.1, 0.15) is 0 Å². The highest BCUT2D eigenvalue weighted by atomic mass is 19.1. The van der Waals surface area contributed by atoms with Crippen LogP contribution in [0.2, 0.25) is 0 Å². The standard InChI is InChI=1S/C13H19F/c1-10(2)7-12-5-4-6-13(8-12)11(3)9-14/h4-6,8,10-11H,7,9H2,1-3H3. The van der Waals surface area contributed by atoms with Crippen molar-refractivity contribution in [3.63, 3.8) is 0 Å². The predicted octanol–water partition coefficient (Wildman–Crippen LogP) is 3.96. The van der Waals surface area contributed by atoms with Crippen LogP contribution in [-0.4, -0.2) is 6.67 Å². The maximum atomic E-state index is 12.5. The van der Waals surface area contributed by atoms with Crippen molar-refractivity contribution in [1.29, 1.82) is 0 Å². The monoisotopic (exact) mass is 194 g/mol. The van der Waals surface area contributed by atoms with Crippen LogP contribution in [-0.2, 0) is 6.42 Å². The number of halogens is 1. The summed E-state index contributed by atoms with van der Waals surface area (Å²) < 4.78 is 12.5. The summed E-state index contributed by atoms with van der Waals surface area (Å²) in [6, 6.07) is 8.28. The van der Waals surface area contributed by atoms with Crippen molar-refractivity contribution in [2.24, 2.45) is 5.92 Å². The highest BCUT2D eigenvalue weighted by molar-refractivity contribution is 5.26. The van der Waals surface area contributed by atoms with Gasteiger partial charge in [-0.3, -0.25) is 4.39 Å². The zero-order chi connectivity index (χ0) is 10.6. The molecule has 0 amide bonds. The Morgan fingerprint density at radius 2 is 1.93 bits per heavy atom. The van der Waals surface area contributed by atoms with E-state index in [9.17, 15) is 4.39 Å². The second kappa shape index (κ2) is 5.14. The van der Waals surface area contributed by atoms with Gasteiger partial charge in [0.05, 0.1) is 6.67 Å². The molecule has 1 rings (SSSR count). The van der Waals surface area contributed by atoms with Crippen molar-refractivity contribution in [1.82, 2.24) is 0 Å². The van der Waals surface area contributed by atoms with E-state index >= 15 is 0 Å². The molecule has 0 bridgehead atoms. The maximum absolute atomic E-state index is 12.5. The molecule has 0 spiro atoms. The second-order valence-electron chi connectivity index (χ2n) is 4.40. The second-order valence-corrected chi connectivity index (χ2v) is 4.40. The van der Waals surface area contributed by atoms with Crippen LogP contribution in [0.4, 0.5) is 4.39 Å². The third kappa shape index (κ3) is 3.13. The Morgan fingerprint density at radius 1 is 1.21 bits per heavy atom. The molecule has 0 radical (unpaired) electrons. The van der Waals surface area contributed by atoms with Crippen LogP contribution in [0.3, 0.4) is 0 Å². The predicted molar refractivity (Wildman–Crippen MR) is 59.4 cm³/mol. The van der Waals surface area contributed by atoms with E-state index in [0.29, 0.717) is 5.92 Å². The minimum Gasteiger partial charge on any atom is -0.250 e. The fourth-order valence-electron chi connectivity index (χ4n) is 1.59. The number of benzene rings is 1. The Morgan fingerprint density at radius 3 is 2.50 bits per heavy atom. The number of hydrogen-bond acceptors (Lipinski definition) is 0. The topological polar surface area (TPSA) is 0 Å². The molecule has 1 unspecified atom stereocenters. The molecule has 0 saturated heterocycles. The molecule has 1 aromatic rings. The molecular formula is C13H19F. The molecule has 0 aliphatic heterocycles. The summed E-state index contributed by atoms with van der Waals surface area (Å²) in [6.45, 7) is 6.05. The Hall–Kier alpha value is -0.850. The van der Waals surface area contributed by atoms with Gasteiger partial charge in [-0.2, -0.15) is 0 Å². The molecule has 0 heterocycles. The Labute approximate surface area is 86.2 Å². The minimum atomic E-state index is -0.273. The Bertz CT molecular complexity index is 278. The number of alkyl halides is 1. The highest BCUT2D eigenvalue weighted by Crippen LogP contribution is 2.18. The first-order valence-electron chi connectivity index (χ1n) is 5.28. The lowest BCUT2D eigenvalue weighted by atomic mass is 9.96. The largest absolute Gasteiger partial charge is 0.250 e. The fraction of sp³-hybridized carbons (Fsp3) is 0.538. The van der Waals surface area contributed by atoms with E-state index in [1.165, 1.54) is 5.56 Å². The highest BCUT2D eigenvalue weighted by Gasteiger charge is 2.05. The third-order valence-electron chi connectivity index (χ3n) is 2.40. The molecule has 0 saturated carbocycles. The quantitative estimate of drug-likeness (QED) is 0.680. The van der Waals surface area contributed by atoms with Crippen LogP contribution in [0.5, 0.6) is 0 Å². The SMILES string of the molecule is CC(C)Cc1cccc(C(C)CF)c1. The van der Waals surface area contributed by atoms with Crippen molar-refractivity contribution < 1.29 is 4.39 Å². The summed E-state index contributed by atoms with van der Waals surface area (Å²) in [5.74, 6) is 0.688. The van der Waals surface area contributed by atoms with Gasteiger partial charge in [0, 0.05) is 5.92 Å². The lowest BCUT2D eigenvalue weighted by molar-refractivity contribution is 0.447. The summed E-state index contributed by atoms with van der Waals surface area (Å²) >= 11 is 0. The molecule has 1 aromatic carbocycles. The normalized spacial score (nSPS) is 13.2. The van der Waals surface area contributed by atoms with E-state index in [2.05, 4.69) is 26.0 Å². The maximum Gasteiger partial charge on any atom is 0.0960 e. The third-order valence-corrected chi connectivity index (χ3v) is 2.40. The average molecular weight is 194 g/mol. The van der Waals surface area contributed by atoms with Gasteiger partial charge in [0.2, 0.25) is 0 Å². The molecule has 78 valence electrons. The van der Waals surface area contributed by atoms with Crippen LogP contribution < -0.4 is 0 Å². The average Bonchev–Trinajstić information content (AvgIpc) is 2.16. The van der Waals surface area contributed by atoms with Gasteiger partial charge in [-0.05, 0) is 23.5 Å². The molecule has 1 heteroatoms. The van der Waals surface area contributed by atoms with Crippen molar-refractivity contribution >= 4 is 0 Å². The summed E-state index contributed by atoms with van der Waals surface area (Å²) in [7, 11) is 0. The Balaban J connectivity index is 2.78. The van der Waals surface area contributed by atoms with E-state index < -0.39 is 0 Å². The summed E-state index contributed by atoms with van der Waals surface area (Å²) in [6.07, 6.45) is 1.08. The molecule has 14 heavy (non-hydrogen) atoms.